The Morgan fingerprint density at radius 1 is 1.37 bits per heavy atom. The van der Waals surface area contributed by atoms with Crippen molar-refractivity contribution in [1.82, 2.24) is 0 Å². The Kier molecular flexibility index (Phi) is 4.46. The van der Waals surface area contributed by atoms with E-state index in [0.717, 1.165) is 6.26 Å². The number of non-ortho nitro benzene ring substituents is 1. The lowest BCUT2D eigenvalue weighted by molar-refractivity contribution is -0.384. The summed E-state index contributed by atoms with van der Waals surface area (Å²) in [7, 11) is -3.66. The highest BCUT2D eigenvalue weighted by Crippen LogP contribution is 2.33. The second-order valence-corrected chi connectivity index (χ2v) is 8.11. The number of alkyl halides is 1. The second kappa shape index (κ2) is 5.38. The maximum Gasteiger partial charge on any atom is 0.269 e. The van der Waals surface area contributed by atoms with E-state index in [1.165, 1.54) is 24.3 Å². The summed E-state index contributed by atoms with van der Waals surface area (Å²) < 4.78 is 21.7. The summed E-state index contributed by atoms with van der Waals surface area (Å²) in [6.07, 6.45) is 1.02. The molecule has 0 radical (unpaired) electrons. The first-order valence-corrected chi connectivity index (χ1v) is 7.99. The number of nitro benzene ring substituents is 1. The number of carbonyl (C=O) groups excluding carboxylic acids is 1. The van der Waals surface area contributed by atoms with Crippen LogP contribution in [0.2, 0.25) is 0 Å². The van der Waals surface area contributed by atoms with Crippen LogP contribution in [0.5, 0.6) is 0 Å². The lowest BCUT2D eigenvalue weighted by Crippen LogP contribution is -2.39. The Balaban J connectivity index is 3.23. The molecule has 1 aromatic rings. The number of benzene rings is 1. The Labute approximate surface area is 119 Å². The maximum absolute atomic E-state index is 12.2. The molecule has 19 heavy (non-hydrogen) atoms. The second-order valence-electron chi connectivity index (χ2n) is 3.99. The van der Waals surface area contributed by atoms with E-state index in [2.05, 4.69) is 15.9 Å². The van der Waals surface area contributed by atoms with E-state index >= 15 is 0 Å². The molecule has 0 aliphatic heterocycles. The Bertz CT molecular complexity index is 610. The highest BCUT2D eigenvalue weighted by molar-refractivity contribution is 9.12. The van der Waals surface area contributed by atoms with E-state index in [4.69, 9.17) is 0 Å². The van der Waals surface area contributed by atoms with Crippen LogP contribution in [-0.4, -0.2) is 29.0 Å². The fourth-order valence-corrected chi connectivity index (χ4v) is 2.75. The highest BCUT2D eigenvalue weighted by atomic mass is 79.9. The summed E-state index contributed by atoms with van der Waals surface area (Å²) in [5.41, 5.74) is -0.0534. The van der Waals surface area contributed by atoms with Crippen molar-refractivity contribution in [2.75, 3.05) is 6.26 Å². The molecule has 1 aromatic carbocycles. The molecule has 1 rings (SSSR count). The normalized spacial score (nSPS) is 14.7. The molecule has 0 saturated heterocycles. The molecule has 0 aliphatic carbocycles. The SMILES string of the molecule is CCC(Br)(C(=O)c1ccc([N+](=O)[O-])cc1)S(C)(=O)=O. The van der Waals surface area contributed by atoms with Gasteiger partial charge in [-0.3, -0.25) is 14.9 Å². The van der Waals surface area contributed by atoms with Gasteiger partial charge in [-0.15, -0.1) is 0 Å². The summed E-state index contributed by atoms with van der Waals surface area (Å²) >= 11 is 2.98. The van der Waals surface area contributed by atoms with Gasteiger partial charge in [-0.2, -0.15) is 0 Å². The third-order valence-electron chi connectivity index (χ3n) is 2.72. The number of sulfone groups is 1. The fraction of sp³-hybridized carbons (Fsp3) is 0.364. The number of rotatable bonds is 5. The van der Waals surface area contributed by atoms with Crippen LogP contribution in [-0.2, 0) is 9.84 Å². The van der Waals surface area contributed by atoms with Crippen LogP contribution in [0.3, 0.4) is 0 Å². The summed E-state index contributed by atoms with van der Waals surface area (Å²) in [6, 6.07) is 4.83. The van der Waals surface area contributed by atoms with E-state index in [1.807, 2.05) is 0 Å². The minimum atomic E-state index is -3.66. The molecule has 0 heterocycles. The standard InChI is InChI=1S/C11H12BrNO5S/c1-3-11(12,19(2,17)18)10(14)8-4-6-9(7-5-8)13(15)16/h4-7H,3H2,1-2H3. The van der Waals surface area contributed by atoms with Crippen molar-refractivity contribution < 1.29 is 18.1 Å². The van der Waals surface area contributed by atoms with E-state index < -0.39 is 24.2 Å². The molecule has 0 bridgehead atoms. The Hall–Kier alpha value is -1.28. The van der Waals surface area contributed by atoms with Crippen molar-refractivity contribution in [3.8, 4) is 0 Å². The lowest BCUT2D eigenvalue weighted by atomic mass is 10.1. The van der Waals surface area contributed by atoms with Crippen LogP contribution < -0.4 is 0 Å². The van der Waals surface area contributed by atoms with Crippen molar-refractivity contribution >= 4 is 37.2 Å². The van der Waals surface area contributed by atoms with Crippen molar-refractivity contribution in [1.29, 1.82) is 0 Å². The van der Waals surface area contributed by atoms with E-state index in [1.54, 1.807) is 6.92 Å². The largest absolute Gasteiger partial charge is 0.291 e. The number of Topliss-reactive ketones (excluding diaryl/α,β-unsaturated/α-hetero) is 1. The summed E-state index contributed by atoms with van der Waals surface area (Å²) in [5.74, 6) is -0.632. The molecule has 0 N–H and O–H groups in total. The first kappa shape index (κ1) is 15.8. The fourth-order valence-electron chi connectivity index (χ4n) is 1.54. The third-order valence-corrected chi connectivity index (χ3v) is 7.06. The van der Waals surface area contributed by atoms with Crippen molar-refractivity contribution in [3.05, 3.63) is 39.9 Å². The van der Waals surface area contributed by atoms with Gasteiger partial charge >= 0.3 is 0 Å². The topological polar surface area (TPSA) is 94.3 Å². The van der Waals surface area contributed by atoms with Crippen molar-refractivity contribution in [3.63, 3.8) is 0 Å². The zero-order valence-corrected chi connectivity index (χ0v) is 12.7. The average molecular weight is 350 g/mol. The molecular weight excluding hydrogens is 338 g/mol. The van der Waals surface area contributed by atoms with Crippen LogP contribution in [0.4, 0.5) is 5.69 Å². The summed E-state index contributed by atoms with van der Waals surface area (Å²) in [6.45, 7) is 1.57. The van der Waals surface area contributed by atoms with Gasteiger partial charge in [-0.25, -0.2) is 8.42 Å². The van der Waals surface area contributed by atoms with E-state index in [9.17, 15) is 23.3 Å². The first-order chi connectivity index (χ1) is 8.63. The molecular formula is C11H12BrNO5S. The predicted octanol–water partition coefficient (Wildman–Crippen LogP) is 2.32. The Morgan fingerprint density at radius 2 is 1.84 bits per heavy atom. The van der Waals surface area contributed by atoms with Gasteiger partial charge in [0.05, 0.1) is 4.92 Å². The zero-order valence-electron chi connectivity index (χ0n) is 10.3. The van der Waals surface area contributed by atoms with Crippen molar-refractivity contribution in [2.45, 2.75) is 17.0 Å². The van der Waals surface area contributed by atoms with Gasteiger partial charge < -0.3 is 0 Å². The van der Waals surface area contributed by atoms with Crippen LogP contribution >= 0.6 is 15.9 Å². The molecule has 1 atom stereocenters. The number of hydrogen-bond acceptors (Lipinski definition) is 5. The summed E-state index contributed by atoms with van der Waals surface area (Å²) in [5, 5.41) is 10.5. The van der Waals surface area contributed by atoms with Gasteiger partial charge in [0.1, 0.15) is 0 Å². The molecule has 0 saturated carbocycles. The van der Waals surface area contributed by atoms with Gasteiger partial charge in [-0.1, -0.05) is 22.9 Å². The first-order valence-electron chi connectivity index (χ1n) is 5.31. The monoisotopic (exact) mass is 349 g/mol. The van der Waals surface area contributed by atoms with Crippen LogP contribution in [0.15, 0.2) is 24.3 Å². The lowest BCUT2D eigenvalue weighted by Gasteiger charge is -2.22. The molecule has 0 aliphatic rings. The van der Waals surface area contributed by atoms with E-state index in [0.29, 0.717) is 0 Å². The smallest absolute Gasteiger partial charge is 0.269 e. The third kappa shape index (κ3) is 3.01. The van der Waals surface area contributed by atoms with Gasteiger partial charge in [-0.05, 0) is 18.6 Å². The van der Waals surface area contributed by atoms with Gasteiger partial charge in [0.15, 0.2) is 19.3 Å². The molecule has 104 valence electrons. The van der Waals surface area contributed by atoms with Gasteiger partial charge in [0, 0.05) is 24.0 Å². The van der Waals surface area contributed by atoms with Crippen LogP contribution in [0.25, 0.3) is 0 Å². The molecule has 8 heteroatoms. The molecule has 0 aromatic heterocycles. The number of nitrogens with zero attached hydrogens (tertiary/aromatic N) is 1. The number of hydrogen-bond donors (Lipinski definition) is 0. The molecule has 0 fully saturated rings. The average Bonchev–Trinajstić information content (AvgIpc) is 2.35. The number of carbonyl (C=O) groups is 1. The minimum absolute atomic E-state index is 0.0572. The number of halogens is 1. The van der Waals surface area contributed by atoms with Gasteiger partial charge in [0.25, 0.3) is 5.69 Å². The van der Waals surface area contributed by atoms with Gasteiger partial charge in [0.2, 0.25) is 0 Å². The number of ketones is 1. The van der Waals surface area contributed by atoms with Crippen LogP contribution in [0, 0.1) is 10.1 Å². The van der Waals surface area contributed by atoms with Crippen LogP contribution in [0.1, 0.15) is 23.7 Å². The predicted molar refractivity (Wildman–Crippen MR) is 74.2 cm³/mol. The molecule has 6 nitrogen and oxygen atoms in total. The van der Waals surface area contributed by atoms with Crippen molar-refractivity contribution in [2.24, 2.45) is 0 Å². The minimum Gasteiger partial charge on any atom is -0.291 e. The zero-order chi connectivity index (χ0) is 14.8. The maximum atomic E-state index is 12.2. The Morgan fingerprint density at radius 3 is 2.16 bits per heavy atom. The number of nitro groups is 1. The molecule has 0 amide bonds. The molecule has 0 spiro atoms. The quantitative estimate of drug-likeness (QED) is 0.352. The highest BCUT2D eigenvalue weighted by Gasteiger charge is 2.44. The van der Waals surface area contributed by atoms with E-state index in [-0.39, 0.29) is 17.7 Å². The molecule has 1 unspecified atom stereocenters. The summed E-state index contributed by atoms with van der Waals surface area (Å²) in [4.78, 5) is 22.1.